The third-order valence-corrected chi connectivity index (χ3v) is 3.80. The second-order valence-corrected chi connectivity index (χ2v) is 6.50. The molecule has 0 bridgehead atoms. The summed E-state index contributed by atoms with van der Waals surface area (Å²) < 4.78 is 10.6. The summed E-state index contributed by atoms with van der Waals surface area (Å²) in [5.41, 5.74) is 1.70. The molecule has 0 spiro atoms. The number of furan rings is 1. The van der Waals surface area contributed by atoms with Crippen molar-refractivity contribution in [3.05, 3.63) is 65.9 Å². The molecule has 7 heteroatoms. The van der Waals surface area contributed by atoms with Gasteiger partial charge in [0.1, 0.15) is 5.58 Å². The van der Waals surface area contributed by atoms with E-state index in [1.165, 1.54) is 0 Å². The maximum Gasteiger partial charge on any atom is 0.338 e. The molecule has 0 saturated carbocycles. The van der Waals surface area contributed by atoms with Crippen LogP contribution in [0.1, 0.15) is 34.8 Å². The summed E-state index contributed by atoms with van der Waals surface area (Å²) in [4.78, 5) is 24.1. The number of amides is 1. The van der Waals surface area contributed by atoms with E-state index in [2.05, 4.69) is 10.6 Å². The van der Waals surface area contributed by atoms with E-state index in [0.717, 1.165) is 5.39 Å². The molecule has 0 saturated heterocycles. The fourth-order valence-corrected chi connectivity index (χ4v) is 2.60. The van der Waals surface area contributed by atoms with Crippen molar-refractivity contribution in [2.75, 3.05) is 5.32 Å². The number of hydrogen-bond acceptors (Lipinski definition) is 5. The van der Waals surface area contributed by atoms with Gasteiger partial charge in [0, 0.05) is 11.1 Å². The van der Waals surface area contributed by atoms with Crippen LogP contribution in [0.2, 0.25) is 0 Å². The van der Waals surface area contributed by atoms with E-state index >= 15 is 0 Å². The van der Waals surface area contributed by atoms with Crippen LogP contribution in [0.3, 0.4) is 0 Å². The van der Waals surface area contributed by atoms with Crippen LogP contribution in [-0.4, -0.2) is 23.1 Å². The van der Waals surface area contributed by atoms with Crippen molar-refractivity contribution in [1.29, 1.82) is 0 Å². The van der Waals surface area contributed by atoms with Crippen LogP contribution in [-0.2, 0) is 4.74 Å². The highest BCUT2D eigenvalue weighted by molar-refractivity contribution is 7.80. The van der Waals surface area contributed by atoms with E-state index in [1.807, 2.05) is 18.2 Å². The van der Waals surface area contributed by atoms with Crippen molar-refractivity contribution in [2.45, 2.75) is 20.0 Å². The number of fused-ring (bicyclic) bond motifs is 1. The van der Waals surface area contributed by atoms with Crippen LogP contribution >= 0.6 is 12.2 Å². The monoisotopic (exact) mass is 382 g/mol. The van der Waals surface area contributed by atoms with E-state index in [4.69, 9.17) is 21.4 Å². The minimum absolute atomic E-state index is 0.123. The first kappa shape index (κ1) is 18.6. The second-order valence-electron chi connectivity index (χ2n) is 6.09. The van der Waals surface area contributed by atoms with E-state index in [0.29, 0.717) is 16.8 Å². The van der Waals surface area contributed by atoms with Gasteiger partial charge in [-0.05, 0) is 62.5 Å². The van der Waals surface area contributed by atoms with Gasteiger partial charge in [0.15, 0.2) is 10.9 Å². The largest absolute Gasteiger partial charge is 0.459 e. The minimum atomic E-state index is -0.444. The average Bonchev–Trinajstić information content (AvgIpc) is 3.06. The van der Waals surface area contributed by atoms with E-state index in [9.17, 15) is 9.59 Å². The molecular formula is C20H18N2O4S. The van der Waals surface area contributed by atoms with Crippen molar-refractivity contribution < 1.29 is 18.7 Å². The molecule has 6 nitrogen and oxygen atoms in total. The van der Waals surface area contributed by atoms with Crippen molar-refractivity contribution in [3.8, 4) is 0 Å². The zero-order valence-corrected chi connectivity index (χ0v) is 15.6. The smallest absolute Gasteiger partial charge is 0.338 e. The normalized spacial score (nSPS) is 10.6. The molecule has 0 radical (unpaired) electrons. The summed E-state index contributed by atoms with van der Waals surface area (Å²) in [6.45, 7) is 3.58. The minimum Gasteiger partial charge on any atom is -0.459 e. The van der Waals surface area contributed by atoms with Crippen molar-refractivity contribution in [3.63, 3.8) is 0 Å². The SMILES string of the molecule is CC(C)OC(=O)c1ccc(NC(=S)NC(=O)c2cc3ccccc3o2)cc1. The molecule has 0 unspecified atom stereocenters. The predicted molar refractivity (Wildman–Crippen MR) is 107 cm³/mol. The fourth-order valence-electron chi connectivity index (χ4n) is 2.39. The Bertz CT molecular complexity index is 960. The van der Waals surface area contributed by atoms with E-state index in [-0.39, 0.29) is 17.0 Å². The van der Waals surface area contributed by atoms with Crippen LogP contribution in [0.15, 0.2) is 59.0 Å². The fraction of sp³-hybridized carbons (Fsp3) is 0.150. The van der Waals surface area contributed by atoms with Gasteiger partial charge in [0.25, 0.3) is 5.91 Å². The summed E-state index contributed by atoms with van der Waals surface area (Å²) >= 11 is 5.16. The number of nitrogens with one attached hydrogen (secondary N) is 2. The highest BCUT2D eigenvalue weighted by atomic mass is 32.1. The maximum absolute atomic E-state index is 12.3. The zero-order chi connectivity index (χ0) is 19.4. The van der Waals surface area contributed by atoms with Gasteiger partial charge >= 0.3 is 5.97 Å². The molecule has 0 fully saturated rings. The molecule has 0 aliphatic carbocycles. The standard InChI is InChI=1S/C20H18N2O4S/c1-12(2)25-19(24)13-7-9-15(10-8-13)21-20(27)22-18(23)17-11-14-5-3-4-6-16(14)26-17/h3-12H,1-2H3,(H2,21,22,23,27). The van der Waals surface area contributed by atoms with Gasteiger partial charge in [-0.2, -0.15) is 0 Å². The summed E-state index contributed by atoms with van der Waals surface area (Å²) in [6, 6.07) is 15.6. The number of thiocarbonyl (C=S) groups is 1. The highest BCUT2D eigenvalue weighted by Crippen LogP contribution is 2.18. The van der Waals surface area contributed by atoms with E-state index < -0.39 is 11.9 Å². The number of ether oxygens (including phenoxy) is 1. The van der Waals surface area contributed by atoms with Gasteiger partial charge in [-0.15, -0.1) is 0 Å². The molecule has 3 rings (SSSR count). The lowest BCUT2D eigenvalue weighted by Gasteiger charge is -2.10. The molecule has 0 atom stereocenters. The Morgan fingerprint density at radius 1 is 1.07 bits per heavy atom. The lowest BCUT2D eigenvalue weighted by Crippen LogP contribution is -2.33. The molecule has 2 N–H and O–H groups in total. The summed E-state index contributed by atoms with van der Waals surface area (Å²) in [7, 11) is 0. The number of benzene rings is 2. The molecule has 1 amide bonds. The molecular weight excluding hydrogens is 364 g/mol. The molecule has 0 aliphatic heterocycles. The first-order chi connectivity index (χ1) is 12.9. The molecule has 2 aromatic carbocycles. The van der Waals surface area contributed by atoms with E-state index in [1.54, 1.807) is 50.2 Å². The number of rotatable bonds is 4. The van der Waals surface area contributed by atoms with Crippen LogP contribution in [0.25, 0.3) is 11.0 Å². The number of esters is 1. The van der Waals surface area contributed by atoms with Crippen LogP contribution < -0.4 is 10.6 Å². The Morgan fingerprint density at radius 2 is 1.78 bits per heavy atom. The number of carbonyl (C=O) groups excluding carboxylic acids is 2. The highest BCUT2D eigenvalue weighted by Gasteiger charge is 2.14. The molecule has 1 aromatic heterocycles. The van der Waals surface area contributed by atoms with Gasteiger partial charge < -0.3 is 14.5 Å². The van der Waals surface area contributed by atoms with Crippen molar-refractivity contribution in [2.24, 2.45) is 0 Å². The number of para-hydroxylation sites is 1. The van der Waals surface area contributed by atoms with Crippen molar-refractivity contribution in [1.82, 2.24) is 5.32 Å². The molecule has 27 heavy (non-hydrogen) atoms. The second kappa shape index (κ2) is 8.01. The van der Waals surface area contributed by atoms with Gasteiger partial charge in [-0.1, -0.05) is 18.2 Å². The van der Waals surface area contributed by atoms with Gasteiger partial charge in [-0.3, -0.25) is 10.1 Å². The summed E-state index contributed by atoms with van der Waals surface area (Å²) in [5, 5.41) is 6.42. The van der Waals surface area contributed by atoms with Crippen LogP contribution in [0.4, 0.5) is 5.69 Å². The van der Waals surface area contributed by atoms with Gasteiger partial charge in [-0.25, -0.2) is 4.79 Å². The van der Waals surface area contributed by atoms with Gasteiger partial charge in [0.05, 0.1) is 11.7 Å². The molecule has 1 heterocycles. The van der Waals surface area contributed by atoms with Crippen molar-refractivity contribution >= 4 is 45.9 Å². The average molecular weight is 382 g/mol. The Labute approximate surface area is 161 Å². The first-order valence-corrected chi connectivity index (χ1v) is 8.75. The summed E-state index contributed by atoms with van der Waals surface area (Å²) in [5.74, 6) is -0.662. The molecule has 0 aliphatic rings. The first-order valence-electron chi connectivity index (χ1n) is 8.34. The molecule has 3 aromatic rings. The van der Waals surface area contributed by atoms with Gasteiger partial charge in [0.2, 0.25) is 0 Å². The topological polar surface area (TPSA) is 80.6 Å². The lowest BCUT2D eigenvalue weighted by molar-refractivity contribution is 0.0378. The quantitative estimate of drug-likeness (QED) is 0.522. The Balaban J connectivity index is 1.60. The lowest BCUT2D eigenvalue weighted by atomic mass is 10.2. The number of carbonyl (C=O) groups is 2. The Morgan fingerprint density at radius 3 is 2.44 bits per heavy atom. The number of hydrogen-bond donors (Lipinski definition) is 2. The van der Waals surface area contributed by atoms with Crippen LogP contribution in [0.5, 0.6) is 0 Å². The van der Waals surface area contributed by atoms with Crippen LogP contribution in [0, 0.1) is 0 Å². The summed E-state index contributed by atoms with van der Waals surface area (Å²) in [6.07, 6.45) is -0.184. The predicted octanol–water partition coefficient (Wildman–Crippen LogP) is 4.12. The Kier molecular flexibility index (Phi) is 5.52. The third kappa shape index (κ3) is 4.71. The molecule has 138 valence electrons. The zero-order valence-electron chi connectivity index (χ0n) is 14.8. The third-order valence-electron chi connectivity index (χ3n) is 3.60. The Hall–Kier alpha value is -3.19. The number of anilines is 1. The maximum atomic E-state index is 12.3.